The molecule has 0 aliphatic carbocycles. The van der Waals surface area contributed by atoms with Gasteiger partial charge in [0.2, 0.25) is 0 Å². The molecule has 0 aromatic carbocycles. The van der Waals surface area contributed by atoms with Crippen molar-refractivity contribution in [1.82, 2.24) is 0 Å². The summed E-state index contributed by atoms with van der Waals surface area (Å²) in [5.41, 5.74) is 3.72. The van der Waals surface area contributed by atoms with Gasteiger partial charge >= 0.3 is 0 Å². The van der Waals surface area contributed by atoms with E-state index in [1.165, 1.54) is 0 Å². The van der Waals surface area contributed by atoms with Gasteiger partial charge in [-0.2, -0.15) is 0 Å². The lowest BCUT2D eigenvalue weighted by Gasteiger charge is -2.08. The van der Waals surface area contributed by atoms with Crippen molar-refractivity contribution in [2.24, 2.45) is 0 Å². The summed E-state index contributed by atoms with van der Waals surface area (Å²) in [5.74, 6) is 0. The second kappa shape index (κ2) is 5.28. The van der Waals surface area contributed by atoms with Gasteiger partial charge in [-0.3, -0.25) is 0 Å². The van der Waals surface area contributed by atoms with Crippen LogP contribution in [0.15, 0.2) is 17.9 Å². The molecule has 1 nitrogen and oxygen atoms in total. The Morgan fingerprint density at radius 2 is 2.20 bits per heavy atom. The van der Waals surface area contributed by atoms with Gasteiger partial charge in [0.05, 0.1) is 6.10 Å². The molecule has 0 aromatic heterocycles. The van der Waals surface area contributed by atoms with Gasteiger partial charge in [0.1, 0.15) is 0 Å². The van der Waals surface area contributed by atoms with Crippen molar-refractivity contribution in [1.29, 1.82) is 0 Å². The summed E-state index contributed by atoms with van der Waals surface area (Å²) in [6.07, 6.45) is 2.41. The molecule has 1 heteroatoms. The first-order valence-electron chi connectivity index (χ1n) is 3.83. The molecule has 0 amide bonds. The van der Waals surface area contributed by atoms with Gasteiger partial charge in [0.25, 0.3) is 0 Å². The fraction of sp³-hybridized carbons (Fsp3) is 0.667. The molecule has 10 heavy (non-hydrogen) atoms. The van der Waals surface area contributed by atoms with Crippen LogP contribution in [0, 0.1) is 0 Å². The summed E-state index contributed by atoms with van der Waals surface area (Å²) >= 11 is 0. The van der Waals surface area contributed by atoms with E-state index in [0.29, 0.717) is 0 Å². The number of aliphatic hydroxyl groups is 1. The molecular weight excluding hydrogens is 124 g/mol. The van der Waals surface area contributed by atoms with E-state index >= 15 is 0 Å². The number of aliphatic hydroxyl groups excluding tert-OH is 1. The van der Waals surface area contributed by atoms with Gasteiger partial charge in [0.15, 0.2) is 0 Å². The van der Waals surface area contributed by atoms with Crippen LogP contribution >= 0.6 is 0 Å². The predicted molar refractivity (Wildman–Crippen MR) is 43.9 cm³/mol. The van der Waals surface area contributed by atoms with E-state index in [-0.39, 0.29) is 6.10 Å². The van der Waals surface area contributed by atoms with Crippen LogP contribution in [-0.4, -0.2) is 11.2 Å². The topological polar surface area (TPSA) is 20.2 Å². The van der Waals surface area contributed by atoms with Crippen LogP contribution in [0.2, 0.25) is 0 Å². The monoisotopic (exact) mass is 140 g/mol. The molecule has 1 N–H and O–H groups in total. The molecule has 0 saturated heterocycles. The summed E-state index contributed by atoms with van der Waals surface area (Å²) in [4.78, 5) is 0. The fourth-order valence-corrected chi connectivity index (χ4v) is 0.889. The average Bonchev–Trinajstić information content (AvgIpc) is 1.99. The molecule has 0 saturated carbocycles. The van der Waals surface area contributed by atoms with Crippen molar-refractivity contribution in [3.05, 3.63) is 17.9 Å². The third-order valence-corrected chi connectivity index (χ3v) is 1.54. The lowest BCUT2D eigenvalue weighted by Crippen LogP contribution is -2.07. The van der Waals surface area contributed by atoms with Crippen molar-refractivity contribution in [2.45, 2.75) is 39.2 Å². The standard InChI is InChI=1S/C9H16O/c1-4-7-8(5-2)9(10)6-3/h9-10H,2,4,6-7H2,1,3H3/t9-/m0/s1. The summed E-state index contributed by atoms with van der Waals surface area (Å²) in [6, 6.07) is 0. The van der Waals surface area contributed by atoms with Crippen LogP contribution in [0.5, 0.6) is 0 Å². The smallest absolute Gasteiger partial charge is 0.0820 e. The van der Waals surface area contributed by atoms with Crippen molar-refractivity contribution in [3.8, 4) is 0 Å². The first-order chi connectivity index (χ1) is 4.76. The summed E-state index contributed by atoms with van der Waals surface area (Å²) in [7, 11) is 0. The van der Waals surface area contributed by atoms with E-state index in [1.54, 1.807) is 0 Å². The molecule has 0 bridgehead atoms. The zero-order valence-electron chi connectivity index (χ0n) is 6.85. The van der Waals surface area contributed by atoms with Crippen LogP contribution in [0.4, 0.5) is 0 Å². The largest absolute Gasteiger partial charge is 0.388 e. The summed E-state index contributed by atoms with van der Waals surface area (Å²) in [6.45, 7) is 7.57. The Hall–Kier alpha value is -0.520. The fourth-order valence-electron chi connectivity index (χ4n) is 0.889. The van der Waals surface area contributed by atoms with Crippen LogP contribution < -0.4 is 0 Å². The lowest BCUT2D eigenvalue weighted by atomic mass is 10.0. The number of hydrogen-bond acceptors (Lipinski definition) is 1. The molecule has 0 aliphatic rings. The molecule has 0 aromatic rings. The highest BCUT2D eigenvalue weighted by Gasteiger charge is 2.04. The zero-order chi connectivity index (χ0) is 7.98. The molecule has 1 atom stereocenters. The van der Waals surface area contributed by atoms with E-state index in [9.17, 15) is 5.11 Å². The molecule has 0 heterocycles. The van der Waals surface area contributed by atoms with Crippen molar-refractivity contribution < 1.29 is 5.11 Å². The SMILES string of the molecule is C=C=C(CCC)[C@@H](O)CC. The summed E-state index contributed by atoms with van der Waals surface area (Å²) < 4.78 is 0. The van der Waals surface area contributed by atoms with E-state index < -0.39 is 0 Å². The third kappa shape index (κ3) is 2.86. The average molecular weight is 140 g/mol. The summed E-state index contributed by atoms with van der Waals surface area (Å²) in [5, 5.41) is 9.31. The molecule has 0 rings (SSSR count). The van der Waals surface area contributed by atoms with Gasteiger partial charge in [-0.1, -0.05) is 26.8 Å². The Morgan fingerprint density at radius 1 is 1.60 bits per heavy atom. The van der Waals surface area contributed by atoms with E-state index in [0.717, 1.165) is 24.8 Å². The molecule has 58 valence electrons. The molecule has 0 spiro atoms. The van der Waals surface area contributed by atoms with Gasteiger partial charge in [-0.25, -0.2) is 0 Å². The highest BCUT2D eigenvalue weighted by atomic mass is 16.3. The second-order valence-corrected chi connectivity index (χ2v) is 2.38. The number of hydrogen-bond donors (Lipinski definition) is 1. The lowest BCUT2D eigenvalue weighted by molar-refractivity contribution is 0.202. The maximum absolute atomic E-state index is 9.31. The van der Waals surface area contributed by atoms with Crippen molar-refractivity contribution in [2.75, 3.05) is 0 Å². The Labute approximate surface area is 63.1 Å². The van der Waals surface area contributed by atoms with Gasteiger partial charge in [-0.05, 0) is 18.4 Å². The predicted octanol–water partition coefficient (Wildman–Crippen LogP) is 2.27. The van der Waals surface area contributed by atoms with E-state index in [2.05, 4.69) is 19.2 Å². The van der Waals surface area contributed by atoms with Crippen LogP contribution in [0.3, 0.4) is 0 Å². The minimum atomic E-state index is -0.322. The third-order valence-electron chi connectivity index (χ3n) is 1.54. The first-order valence-corrected chi connectivity index (χ1v) is 3.83. The van der Waals surface area contributed by atoms with Crippen LogP contribution in [0.25, 0.3) is 0 Å². The maximum Gasteiger partial charge on any atom is 0.0820 e. The minimum absolute atomic E-state index is 0.322. The minimum Gasteiger partial charge on any atom is -0.388 e. The van der Waals surface area contributed by atoms with Crippen molar-refractivity contribution >= 4 is 0 Å². The Balaban J connectivity index is 3.95. The highest BCUT2D eigenvalue weighted by molar-refractivity contribution is 5.04. The van der Waals surface area contributed by atoms with Crippen molar-refractivity contribution in [3.63, 3.8) is 0 Å². The second-order valence-electron chi connectivity index (χ2n) is 2.38. The molecule has 0 fully saturated rings. The molecule has 0 unspecified atom stereocenters. The Kier molecular flexibility index (Phi) is 5.00. The zero-order valence-corrected chi connectivity index (χ0v) is 6.85. The molecular formula is C9H16O. The maximum atomic E-state index is 9.31. The van der Waals surface area contributed by atoms with E-state index in [1.807, 2.05) is 6.92 Å². The highest BCUT2D eigenvalue weighted by Crippen LogP contribution is 2.10. The van der Waals surface area contributed by atoms with E-state index in [4.69, 9.17) is 0 Å². The Morgan fingerprint density at radius 3 is 2.50 bits per heavy atom. The van der Waals surface area contributed by atoms with Gasteiger partial charge < -0.3 is 5.11 Å². The number of rotatable bonds is 4. The first kappa shape index (κ1) is 9.48. The Bertz CT molecular complexity index is 132. The molecule has 0 radical (unpaired) electrons. The van der Waals surface area contributed by atoms with Gasteiger partial charge in [0, 0.05) is 0 Å². The van der Waals surface area contributed by atoms with Crippen LogP contribution in [-0.2, 0) is 0 Å². The quantitative estimate of drug-likeness (QED) is 0.594. The normalized spacial score (nSPS) is 12.3. The van der Waals surface area contributed by atoms with Crippen LogP contribution in [0.1, 0.15) is 33.1 Å². The molecule has 0 aliphatic heterocycles. The van der Waals surface area contributed by atoms with Gasteiger partial charge in [-0.15, -0.1) is 5.73 Å².